The molecule has 2 aromatic carbocycles. The van der Waals surface area contributed by atoms with Gasteiger partial charge in [0.2, 0.25) is 0 Å². The molecule has 0 unspecified atom stereocenters. The Morgan fingerprint density at radius 2 is 1.52 bits per heavy atom. The van der Waals surface area contributed by atoms with E-state index in [-0.39, 0.29) is 5.91 Å². The molecule has 0 saturated carbocycles. The molecule has 1 heterocycles. The molecule has 0 saturated heterocycles. The second-order valence-corrected chi connectivity index (χ2v) is 7.70. The molecule has 31 heavy (non-hydrogen) atoms. The highest BCUT2D eigenvalue weighted by Crippen LogP contribution is 2.35. The lowest BCUT2D eigenvalue weighted by Gasteiger charge is -2.10. The summed E-state index contributed by atoms with van der Waals surface area (Å²) in [5, 5.41) is 3.73. The molecular formula is C23H26N2O5S. The van der Waals surface area contributed by atoms with Gasteiger partial charge < -0.3 is 24.3 Å². The average Bonchev–Trinajstić information content (AvgIpc) is 3.19. The van der Waals surface area contributed by atoms with Gasteiger partial charge in [0.05, 0.1) is 34.1 Å². The second kappa shape index (κ2) is 10.2. The number of benzene rings is 2. The summed E-state index contributed by atoms with van der Waals surface area (Å²) >= 11 is 1.35. The van der Waals surface area contributed by atoms with Crippen molar-refractivity contribution in [3.05, 3.63) is 52.5 Å². The molecule has 164 valence electrons. The summed E-state index contributed by atoms with van der Waals surface area (Å²) in [6, 6.07) is 11.3. The predicted molar refractivity (Wildman–Crippen MR) is 121 cm³/mol. The van der Waals surface area contributed by atoms with Crippen molar-refractivity contribution < 1.29 is 23.7 Å². The number of methoxy groups -OCH3 is 4. The van der Waals surface area contributed by atoms with E-state index in [1.54, 1.807) is 28.4 Å². The molecule has 0 aliphatic rings. The third-order valence-corrected chi connectivity index (χ3v) is 5.99. The van der Waals surface area contributed by atoms with E-state index >= 15 is 0 Å². The zero-order valence-corrected chi connectivity index (χ0v) is 19.1. The first-order valence-electron chi connectivity index (χ1n) is 9.69. The number of carbonyl (C=O) groups is 1. The molecule has 0 aliphatic carbocycles. The Kier molecular flexibility index (Phi) is 7.36. The third kappa shape index (κ3) is 5.08. The minimum absolute atomic E-state index is 0.137. The quantitative estimate of drug-likeness (QED) is 0.537. The first-order valence-corrected chi connectivity index (χ1v) is 10.5. The summed E-state index contributed by atoms with van der Waals surface area (Å²) in [6.07, 6.45) is 0.673. The largest absolute Gasteiger partial charge is 0.493 e. The fourth-order valence-electron chi connectivity index (χ4n) is 3.14. The number of amides is 1. The maximum Gasteiger partial charge on any atom is 0.263 e. The van der Waals surface area contributed by atoms with Gasteiger partial charge in [0.15, 0.2) is 23.0 Å². The van der Waals surface area contributed by atoms with Crippen molar-refractivity contribution in [2.24, 2.45) is 0 Å². The van der Waals surface area contributed by atoms with Crippen LogP contribution in [0.3, 0.4) is 0 Å². The zero-order valence-electron chi connectivity index (χ0n) is 18.3. The number of nitrogens with zero attached hydrogens (tertiary/aromatic N) is 1. The maximum absolute atomic E-state index is 12.7. The van der Waals surface area contributed by atoms with Crippen LogP contribution in [-0.4, -0.2) is 45.9 Å². The molecule has 3 aromatic rings. The van der Waals surface area contributed by atoms with Gasteiger partial charge in [-0.3, -0.25) is 4.79 Å². The molecule has 1 aromatic heterocycles. The van der Waals surface area contributed by atoms with E-state index in [4.69, 9.17) is 18.9 Å². The van der Waals surface area contributed by atoms with Gasteiger partial charge in [-0.2, -0.15) is 0 Å². The van der Waals surface area contributed by atoms with Gasteiger partial charge in [0.1, 0.15) is 9.88 Å². The lowest BCUT2D eigenvalue weighted by molar-refractivity contribution is 0.0957. The lowest BCUT2D eigenvalue weighted by Crippen LogP contribution is -2.25. The number of hydrogen-bond donors (Lipinski definition) is 1. The molecule has 8 heteroatoms. The van der Waals surface area contributed by atoms with E-state index in [1.165, 1.54) is 11.3 Å². The topological polar surface area (TPSA) is 78.9 Å². The van der Waals surface area contributed by atoms with Crippen LogP contribution in [0.15, 0.2) is 36.4 Å². The van der Waals surface area contributed by atoms with E-state index < -0.39 is 0 Å². The van der Waals surface area contributed by atoms with Gasteiger partial charge in [-0.1, -0.05) is 6.07 Å². The Hall–Kier alpha value is -3.26. The van der Waals surface area contributed by atoms with Crippen LogP contribution in [-0.2, 0) is 6.42 Å². The molecule has 0 atom stereocenters. The van der Waals surface area contributed by atoms with Crippen LogP contribution in [0, 0.1) is 6.92 Å². The molecule has 1 amide bonds. The van der Waals surface area contributed by atoms with Crippen LogP contribution >= 0.6 is 11.3 Å². The summed E-state index contributed by atoms with van der Waals surface area (Å²) < 4.78 is 21.2. The number of aryl methyl sites for hydroxylation is 1. The molecule has 0 bridgehead atoms. The summed E-state index contributed by atoms with van der Waals surface area (Å²) in [7, 11) is 6.39. The van der Waals surface area contributed by atoms with Crippen molar-refractivity contribution in [1.29, 1.82) is 0 Å². The first kappa shape index (κ1) is 22.4. The number of nitrogens with one attached hydrogen (secondary N) is 1. The number of carbonyl (C=O) groups excluding carboxylic acids is 1. The van der Waals surface area contributed by atoms with Gasteiger partial charge in [-0.15, -0.1) is 11.3 Å². The zero-order chi connectivity index (χ0) is 22.4. The number of hydrogen-bond acceptors (Lipinski definition) is 7. The Bertz CT molecular complexity index is 1060. The van der Waals surface area contributed by atoms with E-state index in [2.05, 4.69) is 10.3 Å². The molecule has 0 fully saturated rings. The highest BCUT2D eigenvalue weighted by Gasteiger charge is 2.17. The number of thiazole rings is 1. The SMILES string of the molecule is COc1ccc(CCNC(=O)c2sc(-c3ccc(OC)c(OC)c3)nc2C)cc1OC. The van der Waals surface area contributed by atoms with Crippen LogP contribution in [0.2, 0.25) is 0 Å². The monoisotopic (exact) mass is 442 g/mol. The van der Waals surface area contributed by atoms with Crippen LogP contribution in [0.25, 0.3) is 10.6 Å². The summed E-state index contributed by atoms with van der Waals surface area (Å²) in [6.45, 7) is 2.33. The van der Waals surface area contributed by atoms with Crippen LogP contribution < -0.4 is 24.3 Å². The van der Waals surface area contributed by atoms with Crippen molar-refractivity contribution >= 4 is 17.2 Å². The van der Waals surface area contributed by atoms with Crippen molar-refractivity contribution in [2.45, 2.75) is 13.3 Å². The summed E-state index contributed by atoms with van der Waals surface area (Å²) in [5.74, 6) is 2.48. The van der Waals surface area contributed by atoms with Crippen molar-refractivity contribution in [3.63, 3.8) is 0 Å². The minimum atomic E-state index is -0.137. The van der Waals surface area contributed by atoms with Gasteiger partial charge in [-0.25, -0.2) is 4.98 Å². The number of rotatable bonds is 9. The van der Waals surface area contributed by atoms with E-state index in [0.717, 1.165) is 16.1 Å². The molecule has 0 spiro atoms. The molecule has 0 aliphatic heterocycles. The van der Waals surface area contributed by atoms with E-state index in [9.17, 15) is 4.79 Å². The molecule has 0 radical (unpaired) electrons. The normalized spacial score (nSPS) is 10.5. The van der Waals surface area contributed by atoms with Crippen LogP contribution in [0.1, 0.15) is 20.9 Å². The fraction of sp³-hybridized carbons (Fsp3) is 0.304. The summed E-state index contributed by atoms with van der Waals surface area (Å²) in [5.41, 5.74) is 2.61. The minimum Gasteiger partial charge on any atom is -0.493 e. The predicted octanol–water partition coefficient (Wildman–Crippen LogP) is 4.13. The molecule has 7 nitrogen and oxygen atoms in total. The van der Waals surface area contributed by atoms with Gasteiger partial charge in [0.25, 0.3) is 5.91 Å². The Balaban J connectivity index is 1.67. The Morgan fingerprint density at radius 3 is 2.16 bits per heavy atom. The van der Waals surface area contributed by atoms with Gasteiger partial charge >= 0.3 is 0 Å². The summed E-state index contributed by atoms with van der Waals surface area (Å²) in [4.78, 5) is 17.9. The molecule has 3 rings (SSSR count). The highest BCUT2D eigenvalue weighted by molar-refractivity contribution is 7.17. The average molecular weight is 443 g/mol. The first-order chi connectivity index (χ1) is 15.0. The molecular weight excluding hydrogens is 416 g/mol. The van der Waals surface area contributed by atoms with Crippen molar-refractivity contribution in [2.75, 3.05) is 35.0 Å². The van der Waals surface area contributed by atoms with E-state index in [1.807, 2.05) is 43.3 Å². The second-order valence-electron chi connectivity index (χ2n) is 6.70. The van der Waals surface area contributed by atoms with Crippen molar-refractivity contribution in [1.82, 2.24) is 10.3 Å². The van der Waals surface area contributed by atoms with Crippen LogP contribution in [0.5, 0.6) is 23.0 Å². The third-order valence-electron chi connectivity index (χ3n) is 4.78. The fourth-order valence-corrected chi connectivity index (χ4v) is 4.12. The number of ether oxygens (including phenoxy) is 4. The van der Waals surface area contributed by atoms with E-state index in [0.29, 0.717) is 46.5 Å². The number of aromatic nitrogens is 1. The lowest BCUT2D eigenvalue weighted by atomic mass is 10.1. The van der Waals surface area contributed by atoms with Crippen LogP contribution in [0.4, 0.5) is 0 Å². The Labute approximate surface area is 185 Å². The van der Waals surface area contributed by atoms with Gasteiger partial charge in [-0.05, 0) is 49.2 Å². The standard InChI is InChI=1S/C23H26N2O5S/c1-14-21(31-23(25-14)16-7-9-18(28-3)20(13-16)30-5)22(26)24-11-10-15-6-8-17(27-2)19(12-15)29-4/h6-9,12-13H,10-11H2,1-5H3,(H,24,26). The maximum atomic E-state index is 12.7. The smallest absolute Gasteiger partial charge is 0.263 e. The van der Waals surface area contributed by atoms with Gasteiger partial charge in [0, 0.05) is 12.1 Å². The molecule has 1 N–H and O–H groups in total. The van der Waals surface area contributed by atoms with Crippen molar-refractivity contribution in [3.8, 4) is 33.6 Å². The highest BCUT2D eigenvalue weighted by atomic mass is 32.1. The Morgan fingerprint density at radius 1 is 0.903 bits per heavy atom.